The number of nitrogens with zero attached hydrogens (tertiary/aromatic N) is 1. The Morgan fingerprint density at radius 3 is 2.32 bits per heavy atom. The van der Waals surface area contributed by atoms with Gasteiger partial charge in [0.2, 0.25) is 5.91 Å². The molecule has 1 fully saturated rings. The third kappa shape index (κ3) is 5.50. The van der Waals surface area contributed by atoms with Crippen molar-refractivity contribution in [2.75, 3.05) is 13.1 Å². The van der Waals surface area contributed by atoms with E-state index in [0.717, 1.165) is 0 Å². The first-order chi connectivity index (χ1) is 12.9. The van der Waals surface area contributed by atoms with Gasteiger partial charge in [-0.2, -0.15) is 0 Å². The summed E-state index contributed by atoms with van der Waals surface area (Å²) in [6, 6.07) is 2.66. The van der Waals surface area contributed by atoms with Gasteiger partial charge < -0.3 is 10.0 Å². The van der Waals surface area contributed by atoms with Crippen LogP contribution in [-0.4, -0.2) is 38.0 Å². The normalized spacial score (nSPS) is 18.0. The quantitative estimate of drug-likeness (QED) is 0.648. The Bertz CT molecular complexity index is 784. The molecule has 2 N–H and O–H groups in total. The molecule has 0 saturated carbocycles. The molecule has 0 aliphatic carbocycles. The summed E-state index contributed by atoms with van der Waals surface area (Å²) in [7, 11) is -1.35. The summed E-state index contributed by atoms with van der Waals surface area (Å²) in [5, 5.41) is 11.1. The standard InChI is InChI=1S/C20H28Cl2N2O3S/c1-12(2)19(26)24-8-6-13(7-9-24)18(23-28(27)20(3,4)5)14-10-15(21)16(22)11-17(14)25/h10-11,13,18,23,25H,1,6-9H2,2-5H3/t18-,28?/m1/s1. The monoisotopic (exact) mass is 446 g/mol. The number of hydrogen-bond acceptors (Lipinski definition) is 3. The Labute approximate surface area is 179 Å². The number of piperidine rings is 1. The molecule has 156 valence electrons. The minimum atomic E-state index is -1.35. The summed E-state index contributed by atoms with van der Waals surface area (Å²) >= 11 is 12.2. The smallest absolute Gasteiger partial charge is 0.248 e. The molecule has 1 unspecified atom stereocenters. The van der Waals surface area contributed by atoms with Gasteiger partial charge >= 0.3 is 0 Å². The molecule has 1 aromatic rings. The first-order valence-electron chi connectivity index (χ1n) is 9.22. The summed E-state index contributed by atoms with van der Waals surface area (Å²) in [4.78, 5) is 14.0. The molecule has 1 saturated heterocycles. The Balaban J connectivity index is 2.30. The van der Waals surface area contributed by atoms with Crippen molar-refractivity contribution >= 4 is 40.1 Å². The van der Waals surface area contributed by atoms with Crippen molar-refractivity contribution in [3.05, 3.63) is 39.9 Å². The zero-order chi connectivity index (χ0) is 21.2. The molecule has 0 bridgehead atoms. The maximum Gasteiger partial charge on any atom is 0.248 e. The molecule has 8 heteroatoms. The van der Waals surface area contributed by atoms with Gasteiger partial charge in [-0.25, -0.2) is 8.93 Å². The van der Waals surface area contributed by atoms with E-state index >= 15 is 0 Å². The number of likely N-dealkylation sites (tertiary alicyclic amines) is 1. The van der Waals surface area contributed by atoms with E-state index in [2.05, 4.69) is 11.3 Å². The highest BCUT2D eigenvalue weighted by molar-refractivity contribution is 7.84. The molecule has 0 spiro atoms. The van der Waals surface area contributed by atoms with Gasteiger partial charge in [-0.15, -0.1) is 0 Å². The fourth-order valence-electron chi connectivity index (χ4n) is 3.21. The number of phenols is 1. The Hall–Kier alpha value is -1.08. The molecular weight excluding hydrogens is 419 g/mol. The van der Waals surface area contributed by atoms with E-state index in [4.69, 9.17) is 23.2 Å². The van der Waals surface area contributed by atoms with E-state index in [1.54, 1.807) is 17.9 Å². The van der Waals surface area contributed by atoms with Gasteiger partial charge in [0.15, 0.2) is 0 Å². The minimum absolute atomic E-state index is 0.0123. The van der Waals surface area contributed by atoms with Crippen LogP contribution in [0.2, 0.25) is 10.0 Å². The number of hydrogen-bond donors (Lipinski definition) is 2. The van der Waals surface area contributed by atoms with Gasteiger partial charge in [0, 0.05) is 30.3 Å². The average molecular weight is 447 g/mol. The molecule has 0 aromatic heterocycles. The number of rotatable bonds is 5. The maximum atomic E-state index is 12.8. The second kappa shape index (κ2) is 9.16. The van der Waals surface area contributed by atoms with Gasteiger partial charge in [-0.05, 0) is 52.5 Å². The van der Waals surface area contributed by atoms with Gasteiger partial charge in [0.1, 0.15) is 5.75 Å². The van der Waals surface area contributed by atoms with Crippen LogP contribution < -0.4 is 4.72 Å². The van der Waals surface area contributed by atoms with Gasteiger partial charge in [0.25, 0.3) is 0 Å². The van der Waals surface area contributed by atoms with Crippen LogP contribution in [0.25, 0.3) is 0 Å². The van der Waals surface area contributed by atoms with Crippen molar-refractivity contribution in [3.63, 3.8) is 0 Å². The molecule has 2 rings (SSSR count). The van der Waals surface area contributed by atoms with Crippen molar-refractivity contribution in [1.29, 1.82) is 0 Å². The summed E-state index contributed by atoms with van der Waals surface area (Å²) in [5.74, 6) is 0.0421. The third-order valence-corrected chi connectivity index (χ3v) is 7.16. The van der Waals surface area contributed by atoms with E-state index in [9.17, 15) is 14.1 Å². The van der Waals surface area contributed by atoms with E-state index < -0.39 is 15.7 Å². The van der Waals surface area contributed by atoms with Crippen LogP contribution in [-0.2, 0) is 15.8 Å². The van der Waals surface area contributed by atoms with Crippen LogP contribution in [0.15, 0.2) is 24.3 Å². The molecule has 5 nitrogen and oxygen atoms in total. The number of aromatic hydroxyl groups is 1. The van der Waals surface area contributed by atoms with Crippen molar-refractivity contribution < 1.29 is 14.1 Å². The highest BCUT2D eigenvalue weighted by Gasteiger charge is 2.34. The first-order valence-corrected chi connectivity index (χ1v) is 11.1. The highest BCUT2D eigenvalue weighted by atomic mass is 35.5. The second-order valence-corrected chi connectivity index (χ2v) is 11.0. The lowest BCUT2D eigenvalue weighted by Gasteiger charge is -2.37. The second-order valence-electron chi connectivity index (χ2n) is 8.21. The zero-order valence-corrected chi connectivity index (χ0v) is 19.0. The lowest BCUT2D eigenvalue weighted by Crippen LogP contribution is -2.44. The first kappa shape index (κ1) is 23.2. The number of nitrogens with one attached hydrogen (secondary N) is 1. The lowest BCUT2D eigenvalue weighted by molar-refractivity contribution is -0.128. The Morgan fingerprint density at radius 1 is 1.29 bits per heavy atom. The SMILES string of the molecule is C=C(C)C(=O)N1CCC([C@@H](NS(=O)C(C)(C)C)c2cc(Cl)c(Cl)cc2O)CC1. The van der Waals surface area contributed by atoms with Crippen LogP contribution in [0.5, 0.6) is 5.75 Å². The molecule has 1 aromatic carbocycles. The highest BCUT2D eigenvalue weighted by Crippen LogP contribution is 2.39. The van der Waals surface area contributed by atoms with E-state index in [1.807, 2.05) is 20.8 Å². The largest absolute Gasteiger partial charge is 0.508 e. The van der Waals surface area contributed by atoms with Crippen molar-refractivity contribution in [1.82, 2.24) is 9.62 Å². The zero-order valence-electron chi connectivity index (χ0n) is 16.7. The summed E-state index contributed by atoms with van der Waals surface area (Å²) in [6.45, 7) is 12.3. The van der Waals surface area contributed by atoms with Crippen LogP contribution in [0, 0.1) is 5.92 Å². The van der Waals surface area contributed by atoms with E-state index in [0.29, 0.717) is 42.1 Å². The fourth-order valence-corrected chi connectivity index (χ4v) is 4.45. The number of amides is 1. The predicted octanol–water partition coefficient (Wildman–Crippen LogP) is 4.61. The molecule has 1 aliphatic heterocycles. The van der Waals surface area contributed by atoms with E-state index in [-0.39, 0.29) is 28.6 Å². The van der Waals surface area contributed by atoms with Crippen molar-refractivity contribution in [2.45, 2.75) is 51.3 Å². The van der Waals surface area contributed by atoms with Gasteiger partial charge in [0.05, 0.1) is 31.8 Å². The maximum absolute atomic E-state index is 12.8. The minimum Gasteiger partial charge on any atom is -0.508 e. The van der Waals surface area contributed by atoms with Crippen LogP contribution in [0.4, 0.5) is 0 Å². The average Bonchev–Trinajstić information content (AvgIpc) is 2.61. The number of carbonyl (C=O) groups excluding carboxylic acids is 1. The fraction of sp³-hybridized carbons (Fsp3) is 0.550. The molecular formula is C20H28Cl2N2O3S. The van der Waals surface area contributed by atoms with Crippen molar-refractivity contribution in [3.8, 4) is 5.75 Å². The molecule has 1 heterocycles. The number of carbonyl (C=O) groups is 1. The van der Waals surface area contributed by atoms with E-state index in [1.165, 1.54) is 6.07 Å². The number of benzene rings is 1. The van der Waals surface area contributed by atoms with Crippen LogP contribution in [0.1, 0.15) is 52.1 Å². The summed E-state index contributed by atoms with van der Waals surface area (Å²) in [5.41, 5.74) is 1.08. The van der Waals surface area contributed by atoms with Crippen LogP contribution in [0.3, 0.4) is 0 Å². The topological polar surface area (TPSA) is 69.6 Å². The Morgan fingerprint density at radius 2 is 1.82 bits per heavy atom. The van der Waals surface area contributed by atoms with Crippen molar-refractivity contribution in [2.24, 2.45) is 5.92 Å². The Kier molecular flexibility index (Phi) is 7.59. The molecule has 1 amide bonds. The van der Waals surface area contributed by atoms with Gasteiger partial charge in [-0.1, -0.05) is 29.8 Å². The molecule has 1 aliphatic rings. The third-order valence-electron chi connectivity index (χ3n) is 4.86. The summed E-state index contributed by atoms with van der Waals surface area (Å²) in [6.07, 6.45) is 1.41. The van der Waals surface area contributed by atoms with Gasteiger partial charge in [-0.3, -0.25) is 4.79 Å². The number of phenolic OH excluding ortho intramolecular Hbond substituents is 1. The molecule has 2 atom stereocenters. The number of halogens is 2. The lowest BCUT2D eigenvalue weighted by atomic mass is 9.85. The molecule has 0 radical (unpaired) electrons. The van der Waals surface area contributed by atoms with Crippen LogP contribution >= 0.6 is 23.2 Å². The predicted molar refractivity (Wildman–Crippen MR) is 116 cm³/mol. The molecule has 28 heavy (non-hydrogen) atoms. The summed E-state index contributed by atoms with van der Waals surface area (Å²) < 4.78 is 15.5.